The van der Waals surface area contributed by atoms with Crippen molar-refractivity contribution in [1.29, 1.82) is 0 Å². The number of benzene rings is 2. The van der Waals surface area contributed by atoms with Gasteiger partial charge in [-0.05, 0) is 30.7 Å². The van der Waals surface area contributed by atoms with Crippen LogP contribution in [-0.4, -0.2) is 21.9 Å². The molecule has 1 amide bonds. The Morgan fingerprint density at radius 1 is 1.17 bits per heavy atom. The molecule has 0 saturated carbocycles. The lowest BCUT2D eigenvalue weighted by Gasteiger charge is -2.33. The van der Waals surface area contributed by atoms with Gasteiger partial charge in [0.25, 0.3) is 5.91 Å². The van der Waals surface area contributed by atoms with Crippen molar-refractivity contribution in [3.63, 3.8) is 0 Å². The van der Waals surface area contributed by atoms with Gasteiger partial charge < -0.3 is 9.47 Å². The summed E-state index contributed by atoms with van der Waals surface area (Å²) in [6.45, 7) is 7.35. The number of rotatable bonds is 3. The quantitative estimate of drug-likeness (QED) is 0.660. The van der Waals surface area contributed by atoms with Gasteiger partial charge in [-0.15, -0.1) is 6.58 Å². The molecule has 2 heterocycles. The van der Waals surface area contributed by atoms with Crippen LogP contribution in [0.3, 0.4) is 0 Å². The second-order valence-electron chi connectivity index (χ2n) is 6.44. The van der Waals surface area contributed by atoms with Gasteiger partial charge in [0.05, 0.1) is 6.04 Å². The highest BCUT2D eigenvalue weighted by Crippen LogP contribution is 2.31. The Morgan fingerprint density at radius 3 is 2.71 bits per heavy atom. The van der Waals surface area contributed by atoms with E-state index in [0.717, 1.165) is 22.2 Å². The molecule has 0 saturated heterocycles. The van der Waals surface area contributed by atoms with Crippen LogP contribution in [-0.2, 0) is 6.54 Å². The lowest BCUT2D eigenvalue weighted by atomic mass is 10.1. The Labute approximate surface area is 141 Å². The Morgan fingerprint density at radius 2 is 1.96 bits per heavy atom. The minimum atomic E-state index is 0.0887. The Kier molecular flexibility index (Phi) is 3.49. The van der Waals surface area contributed by atoms with E-state index in [4.69, 9.17) is 0 Å². The van der Waals surface area contributed by atoms with Gasteiger partial charge >= 0.3 is 0 Å². The molecule has 120 valence electrons. The second-order valence-corrected chi connectivity index (χ2v) is 6.44. The van der Waals surface area contributed by atoms with Gasteiger partial charge in [0.2, 0.25) is 0 Å². The molecule has 0 bridgehead atoms. The molecule has 1 atom stereocenters. The number of fused-ring (bicyclic) bond motifs is 3. The van der Waals surface area contributed by atoms with Crippen molar-refractivity contribution < 1.29 is 4.79 Å². The maximum absolute atomic E-state index is 13.0. The predicted molar refractivity (Wildman–Crippen MR) is 97.1 cm³/mol. The maximum Gasteiger partial charge on any atom is 0.270 e. The van der Waals surface area contributed by atoms with Gasteiger partial charge in [0, 0.05) is 24.0 Å². The van der Waals surface area contributed by atoms with Gasteiger partial charge in [-0.2, -0.15) is 0 Å². The Hall–Kier alpha value is -2.81. The van der Waals surface area contributed by atoms with Crippen molar-refractivity contribution in [3.8, 4) is 0 Å². The number of carbonyl (C=O) groups excluding carboxylic acids is 1. The third kappa shape index (κ3) is 2.33. The fourth-order valence-electron chi connectivity index (χ4n) is 3.55. The molecule has 1 aliphatic rings. The molecule has 0 fully saturated rings. The van der Waals surface area contributed by atoms with Gasteiger partial charge in [0.1, 0.15) is 5.69 Å². The van der Waals surface area contributed by atoms with Crippen LogP contribution in [0.2, 0.25) is 0 Å². The Bertz CT molecular complexity index is 924. The summed E-state index contributed by atoms with van der Waals surface area (Å²) in [7, 11) is 0. The molecule has 1 aromatic heterocycles. The average molecular weight is 316 g/mol. The van der Waals surface area contributed by atoms with E-state index < -0.39 is 0 Å². The van der Waals surface area contributed by atoms with Crippen LogP contribution < -0.4 is 0 Å². The number of hydrogen-bond donors (Lipinski definition) is 0. The van der Waals surface area contributed by atoms with Crippen molar-refractivity contribution in [2.45, 2.75) is 19.5 Å². The summed E-state index contributed by atoms with van der Waals surface area (Å²) in [5, 5.41) is 1.12. The summed E-state index contributed by atoms with van der Waals surface area (Å²) in [6.07, 6.45) is 1.94. The zero-order chi connectivity index (χ0) is 16.7. The van der Waals surface area contributed by atoms with Crippen molar-refractivity contribution in [1.82, 2.24) is 9.47 Å². The lowest BCUT2D eigenvalue weighted by molar-refractivity contribution is 0.0676. The summed E-state index contributed by atoms with van der Waals surface area (Å²) in [5.74, 6) is 0.0887. The molecule has 3 aromatic rings. The molecule has 0 N–H and O–H groups in total. The molecule has 0 radical (unpaired) electrons. The van der Waals surface area contributed by atoms with Crippen molar-refractivity contribution in [3.05, 3.63) is 84.1 Å². The molecule has 1 aliphatic heterocycles. The largest absolute Gasteiger partial charge is 0.331 e. The average Bonchev–Trinajstić information content (AvgIpc) is 2.97. The first-order chi connectivity index (χ1) is 11.7. The first-order valence-corrected chi connectivity index (χ1v) is 8.25. The molecule has 0 spiro atoms. The van der Waals surface area contributed by atoms with E-state index in [1.54, 1.807) is 0 Å². The van der Waals surface area contributed by atoms with Crippen LogP contribution in [0.4, 0.5) is 0 Å². The minimum Gasteiger partial charge on any atom is -0.331 e. The van der Waals surface area contributed by atoms with Crippen molar-refractivity contribution in [2.75, 3.05) is 6.54 Å². The molecule has 24 heavy (non-hydrogen) atoms. The van der Waals surface area contributed by atoms with Crippen LogP contribution >= 0.6 is 0 Å². The second kappa shape index (κ2) is 5.68. The van der Waals surface area contributed by atoms with Crippen LogP contribution in [0, 0.1) is 6.92 Å². The third-order valence-electron chi connectivity index (χ3n) is 4.73. The van der Waals surface area contributed by atoms with E-state index in [2.05, 4.69) is 48.4 Å². The van der Waals surface area contributed by atoms with E-state index >= 15 is 0 Å². The molecule has 3 nitrogen and oxygen atoms in total. The number of aromatic nitrogens is 1. The van der Waals surface area contributed by atoms with E-state index in [1.165, 1.54) is 5.56 Å². The smallest absolute Gasteiger partial charge is 0.270 e. The van der Waals surface area contributed by atoms with Gasteiger partial charge in [0.15, 0.2) is 0 Å². The molecule has 0 aliphatic carbocycles. The molecular formula is C21H20N2O. The van der Waals surface area contributed by atoms with Gasteiger partial charge in [-0.3, -0.25) is 4.79 Å². The van der Waals surface area contributed by atoms with Gasteiger partial charge in [-0.1, -0.05) is 48.0 Å². The molecule has 0 unspecified atom stereocenters. The zero-order valence-corrected chi connectivity index (χ0v) is 13.8. The first kappa shape index (κ1) is 14.8. The summed E-state index contributed by atoms with van der Waals surface area (Å²) in [4.78, 5) is 14.9. The number of aryl methyl sites for hydroxylation is 1. The molecular weight excluding hydrogens is 296 g/mol. The number of nitrogens with zero attached hydrogens (tertiary/aromatic N) is 2. The highest BCUT2D eigenvalue weighted by Gasteiger charge is 2.31. The van der Waals surface area contributed by atoms with Gasteiger partial charge in [-0.25, -0.2) is 0 Å². The first-order valence-electron chi connectivity index (χ1n) is 8.25. The fourth-order valence-corrected chi connectivity index (χ4v) is 3.55. The lowest BCUT2D eigenvalue weighted by Crippen LogP contribution is -2.41. The monoisotopic (exact) mass is 316 g/mol. The summed E-state index contributed by atoms with van der Waals surface area (Å²) in [5.41, 5.74) is 4.21. The normalized spacial score (nSPS) is 17.1. The third-order valence-corrected chi connectivity index (χ3v) is 4.73. The van der Waals surface area contributed by atoms with Crippen molar-refractivity contribution in [2.24, 2.45) is 0 Å². The SMILES string of the molecule is C=C[C@@H]1CN(Cc2ccccc2)C(=O)c2cc3cc(C)ccc3n21. The summed E-state index contributed by atoms with van der Waals surface area (Å²) in [6, 6.07) is 18.6. The highest BCUT2D eigenvalue weighted by atomic mass is 16.2. The van der Waals surface area contributed by atoms with Crippen molar-refractivity contribution >= 4 is 16.8 Å². The number of hydrogen-bond acceptors (Lipinski definition) is 1. The predicted octanol–water partition coefficient (Wildman–Crippen LogP) is 4.33. The zero-order valence-electron chi connectivity index (χ0n) is 13.8. The van der Waals surface area contributed by atoms with Crippen LogP contribution in [0.25, 0.3) is 10.9 Å². The molecule has 4 rings (SSSR count). The number of amides is 1. The Balaban J connectivity index is 1.78. The number of carbonyl (C=O) groups is 1. The van der Waals surface area contributed by atoms with E-state index in [-0.39, 0.29) is 11.9 Å². The standard InChI is InChI=1S/C21H20N2O/c1-3-18-14-22(13-16-7-5-4-6-8-16)21(24)20-12-17-11-15(2)9-10-19(17)23(18)20/h3-12,18H,1,13-14H2,2H3/t18-/m1/s1. The highest BCUT2D eigenvalue weighted by molar-refractivity contribution is 6.00. The maximum atomic E-state index is 13.0. The van der Waals surface area contributed by atoms with Crippen LogP contribution in [0.15, 0.2) is 67.3 Å². The minimum absolute atomic E-state index is 0.0887. The molecule has 3 heteroatoms. The van der Waals surface area contributed by atoms with E-state index in [1.807, 2.05) is 35.2 Å². The van der Waals surface area contributed by atoms with Crippen LogP contribution in [0.1, 0.15) is 27.7 Å². The molecule has 2 aromatic carbocycles. The van der Waals surface area contributed by atoms with E-state index in [0.29, 0.717) is 13.1 Å². The topological polar surface area (TPSA) is 25.2 Å². The van der Waals surface area contributed by atoms with Crippen LogP contribution in [0.5, 0.6) is 0 Å². The summed E-state index contributed by atoms with van der Waals surface area (Å²) < 4.78 is 2.13. The van der Waals surface area contributed by atoms with E-state index in [9.17, 15) is 4.79 Å². The summed E-state index contributed by atoms with van der Waals surface area (Å²) >= 11 is 0. The fraction of sp³-hybridized carbons (Fsp3) is 0.190.